The summed E-state index contributed by atoms with van der Waals surface area (Å²) in [5.41, 5.74) is 3.51. The second-order valence-electron chi connectivity index (χ2n) is 4.36. The van der Waals surface area contributed by atoms with Crippen molar-refractivity contribution in [2.45, 2.75) is 6.61 Å². The van der Waals surface area contributed by atoms with Gasteiger partial charge in [0.05, 0.1) is 7.11 Å². The Balaban J connectivity index is 2.31. The SMILES string of the molecule is COCc1nc(NN)cc(N(C)c2ccc(OC)cc2)n1. The number of methoxy groups -OCH3 is 2. The van der Waals surface area contributed by atoms with Gasteiger partial charge in [0, 0.05) is 25.9 Å². The fourth-order valence-electron chi connectivity index (χ4n) is 1.86. The third-order valence-corrected chi connectivity index (χ3v) is 2.98. The molecule has 0 bridgehead atoms. The molecule has 0 fully saturated rings. The van der Waals surface area contributed by atoms with Crippen LogP contribution < -0.4 is 20.9 Å². The van der Waals surface area contributed by atoms with Gasteiger partial charge in [-0.05, 0) is 24.3 Å². The summed E-state index contributed by atoms with van der Waals surface area (Å²) in [5.74, 6) is 8.06. The van der Waals surface area contributed by atoms with E-state index in [9.17, 15) is 0 Å². The number of hydrogen-bond donors (Lipinski definition) is 2. The van der Waals surface area contributed by atoms with Crippen molar-refractivity contribution in [2.24, 2.45) is 5.84 Å². The Bertz CT molecular complexity index is 588. The van der Waals surface area contributed by atoms with E-state index < -0.39 is 0 Å². The van der Waals surface area contributed by atoms with Gasteiger partial charge >= 0.3 is 0 Å². The molecule has 7 nitrogen and oxygen atoms in total. The van der Waals surface area contributed by atoms with Crippen molar-refractivity contribution in [2.75, 3.05) is 31.6 Å². The van der Waals surface area contributed by atoms with E-state index in [1.54, 1.807) is 20.3 Å². The van der Waals surface area contributed by atoms with Crippen LogP contribution in [0.3, 0.4) is 0 Å². The van der Waals surface area contributed by atoms with Crippen LogP contribution in [-0.4, -0.2) is 31.2 Å². The molecule has 1 aromatic carbocycles. The van der Waals surface area contributed by atoms with Crippen LogP contribution in [0.1, 0.15) is 5.82 Å². The molecule has 0 spiro atoms. The molecule has 112 valence electrons. The standard InChI is InChI=1S/C14H19N5O2/c1-19(10-4-6-11(21-3)7-5-10)14-8-12(18-15)16-13(17-14)9-20-2/h4-8H,9,15H2,1-3H3,(H,16,17,18). The summed E-state index contributed by atoms with van der Waals surface area (Å²) in [6, 6.07) is 9.46. The van der Waals surface area contributed by atoms with E-state index in [0.29, 0.717) is 18.2 Å². The number of aromatic nitrogens is 2. The number of nitrogen functional groups attached to an aromatic ring is 1. The largest absolute Gasteiger partial charge is 0.497 e. The van der Waals surface area contributed by atoms with Crippen molar-refractivity contribution in [1.82, 2.24) is 9.97 Å². The van der Waals surface area contributed by atoms with Crippen molar-refractivity contribution in [3.05, 3.63) is 36.2 Å². The maximum absolute atomic E-state index is 5.44. The van der Waals surface area contributed by atoms with Crippen molar-refractivity contribution >= 4 is 17.3 Å². The van der Waals surface area contributed by atoms with Crippen LogP contribution in [0.15, 0.2) is 30.3 Å². The predicted octanol–water partition coefficient (Wildman–Crippen LogP) is 1.69. The number of rotatable bonds is 6. The first kappa shape index (κ1) is 15.0. The van der Waals surface area contributed by atoms with E-state index in [-0.39, 0.29) is 0 Å². The van der Waals surface area contributed by atoms with Crippen LogP contribution in [0.4, 0.5) is 17.3 Å². The normalized spacial score (nSPS) is 10.3. The minimum atomic E-state index is 0.318. The molecule has 0 saturated carbocycles. The van der Waals surface area contributed by atoms with Gasteiger partial charge in [0.2, 0.25) is 0 Å². The topological polar surface area (TPSA) is 85.5 Å². The number of anilines is 3. The summed E-state index contributed by atoms with van der Waals surface area (Å²) in [5, 5.41) is 0. The third-order valence-electron chi connectivity index (χ3n) is 2.98. The van der Waals surface area contributed by atoms with Gasteiger partial charge in [0.25, 0.3) is 0 Å². The van der Waals surface area contributed by atoms with Crippen molar-refractivity contribution in [3.8, 4) is 5.75 Å². The molecule has 2 rings (SSSR count). The lowest BCUT2D eigenvalue weighted by molar-refractivity contribution is 0.178. The molecule has 1 aromatic heterocycles. The summed E-state index contributed by atoms with van der Waals surface area (Å²) >= 11 is 0. The first-order valence-corrected chi connectivity index (χ1v) is 6.39. The van der Waals surface area contributed by atoms with Gasteiger partial charge in [0.15, 0.2) is 5.82 Å². The molecular weight excluding hydrogens is 270 g/mol. The van der Waals surface area contributed by atoms with Gasteiger partial charge in [0.1, 0.15) is 24.0 Å². The van der Waals surface area contributed by atoms with E-state index in [2.05, 4.69) is 15.4 Å². The zero-order valence-electron chi connectivity index (χ0n) is 12.3. The van der Waals surface area contributed by atoms with E-state index in [4.69, 9.17) is 15.3 Å². The maximum Gasteiger partial charge on any atom is 0.158 e. The van der Waals surface area contributed by atoms with Crippen molar-refractivity contribution in [3.63, 3.8) is 0 Å². The molecule has 0 radical (unpaired) electrons. The number of nitrogens with one attached hydrogen (secondary N) is 1. The maximum atomic E-state index is 5.44. The van der Waals surface area contributed by atoms with Crippen molar-refractivity contribution in [1.29, 1.82) is 0 Å². The highest BCUT2D eigenvalue weighted by Crippen LogP contribution is 2.25. The highest BCUT2D eigenvalue weighted by Gasteiger charge is 2.10. The molecule has 7 heteroatoms. The summed E-state index contributed by atoms with van der Waals surface area (Å²) in [6.07, 6.45) is 0. The first-order chi connectivity index (χ1) is 10.2. The Morgan fingerprint density at radius 1 is 1.19 bits per heavy atom. The predicted molar refractivity (Wildman–Crippen MR) is 81.6 cm³/mol. The lowest BCUT2D eigenvalue weighted by Gasteiger charge is -2.19. The van der Waals surface area contributed by atoms with E-state index in [1.165, 1.54) is 0 Å². The number of nitrogens with zero attached hydrogens (tertiary/aromatic N) is 3. The third kappa shape index (κ3) is 3.59. The average Bonchev–Trinajstić information content (AvgIpc) is 2.54. The fourth-order valence-corrected chi connectivity index (χ4v) is 1.86. The molecule has 0 amide bonds. The second kappa shape index (κ2) is 6.87. The molecule has 0 aliphatic carbocycles. The summed E-state index contributed by atoms with van der Waals surface area (Å²) < 4.78 is 10.2. The Labute approximate surface area is 123 Å². The fraction of sp³-hybridized carbons (Fsp3) is 0.286. The number of benzene rings is 1. The Morgan fingerprint density at radius 2 is 1.90 bits per heavy atom. The van der Waals surface area contributed by atoms with Crippen LogP contribution in [0.2, 0.25) is 0 Å². The summed E-state index contributed by atoms with van der Waals surface area (Å²) in [4.78, 5) is 10.6. The number of hydrazine groups is 1. The van der Waals surface area contributed by atoms with E-state index >= 15 is 0 Å². The lowest BCUT2D eigenvalue weighted by atomic mass is 10.3. The molecule has 3 N–H and O–H groups in total. The molecule has 0 unspecified atom stereocenters. The summed E-state index contributed by atoms with van der Waals surface area (Å²) in [6.45, 7) is 0.318. The van der Waals surface area contributed by atoms with Gasteiger partial charge in [-0.2, -0.15) is 0 Å². The average molecular weight is 289 g/mol. The summed E-state index contributed by atoms with van der Waals surface area (Å²) in [7, 11) is 5.15. The highest BCUT2D eigenvalue weighted by atomic mass is 16.5. The van der Waals surface area contributed by atoms with Gasteiger partial charge in [-0.1, -0.05) is 0 Å². The zero-order chi connectivity index (χ0) is 15.2. The molecule has 21 heavy (non-hydrogen) atoms. The molecular formula is C14H19N5O2. The Hall–Kier alpha value is -2.38. The van der Waals surface area contributed by atoms with Gasteiger partial charge in [-0.15, -0.1) is 0 Å². The van der Waals surface area contributed by atoms with Crippen LogP contribution in [0.25, 0.3) is 0 Å². The number of hydrogen-bond acceptors (Lipinski definition) is 7. The van der Waals surface area contributed by atoms with Crippen LogP contribution >= 0.6 is 0 Å². The molecule has 2 aromatic rings. The van der Waals surface area contributed by atoms with Crippen LogP contribution in [0, 0.1) is 0 Å². The molecule has 1 heterocycles. The second-order valence-corrected chi connectivity index (χ2v) is 4.36. The highest BCUT2D eigenvalue weighted by molar-refractivity contribution is 5.62. The zero-order valence-corrected chi connectivity index (χ0v) is 12.3. The quantitative estimate of drug-likeness (QED) is 0.618. The van der Waals surface area contributed by atoms with Gasteiger partial charge in [-0.3, -0.25) is 0 Å². The van der Waals surface area contributed by atoms with E-state index in [0.717, 1.165) is 17.3 Å². The van der Waals surface area contributed by atoms with Gasteiger partial charge < -0.3 is 19.8 Å². The van der Waals surface area contributed by atoms with E-state index in [1.807, 2.05) is 36.2 Å². The Kier molecular flexibility index (Phi) is 4.91. The molecule has 0 aliphatic heterocycles. The molecule has 0 aliphatic rings. The number of nitrogens with two attached hydrogens (primary N) is 1. The van der Waals surface area contributed by atoms with Gasteiger partial charge in [-0.25, -0.2) is 15.8 Å². The smallest absolute Gasteiger partial charge is 0.158 e. The van der Waals surface area contributed by atoms with Crippen LogP contribution in [0.5, 0.6) is 5.75 Å². The molecule has 0 saturated heterocycles. The molecule has 0 atom stereocenters. The number of ether oxygens (including phenoxy) is 2. The Morgan fingerprint density at radius 3 is 2.48 bits per heavy atom. The first-order valence-electron chi connectivity index (χ1n) is 6.39. The van der Waals surface area contributed by atoms with Crippen LogP contribution in [-0.2, 0) is 11.3 Å². The minimum Gasteiger partial charge on any atom is -0.497 e. The lowest BCUT2D eigenvalue weighted by Crippen LogP contribution is -2.16. The van der Waals surface area contributed by atoms with Crippen molar-refractivity contribution < 1.29 is 9.47 Å². The minimum absolute atomic E-state index is 0.318. The monoisotopic (exact) mass is 289 g/mol.